The van der Waals surface area contributed by atoms with Gasteiger partial charge in [-0.2, -0.15) is 0 Å². The van der Waals surface area contributed by atoms with Gasteiger partial charge >= 0.3 is 0 Å². The molecule has 1 aliphatic rings. The van der Waals surface area contributed by atoms with Crippen LogP contribution in [0.4, 0.5) is 0 Å². The van der Waals surface area contributed by atoms with Crippen LogP contribution in [-0.4, -0.2) is 47.5 Å². The second-order valence-corrected chi connectivity index (χ2v) is 9.10. The second kappa shape index (κ2) is 9.00. The molecule has 0 spiro atoms. The highest BCUT2D eigenvalue weighted by Crippen LogP contribution is 2.45. The molecule has 1 aliphatic heterocycles. The van der Waals surface area contributed by atoms with Crippen LogP contribution >= 0.6 is 23.5 Å². The topological polar surface area (TPSA) is 32.3 Å². The lowest BCUT2D eigenvalue weighted by molar-refractivity contribution is 0.0939. The quantitative estimate of drug-likeness (QED) is 0.803. The van der Waals surface area contributed by atoms with E-state index in [1.807, 2.05) is 35.7 Å². The van der Waals surface area contributed by atoms with Crippen molar-refractivity contribution in [3.8, 4) is 0 Å². The predicted octanol–water partition coefficient (Wildman–Crippen LogP) is 4.01. The van der Waals surface area contributed by atoms with E-state index in [1.165, 1.54) is 17.1 Å². The highest BCUT2D eigenvalue weighted by atomic mass is 32.2. The van der Waals surface area contributed by atoms with Crippen molar-refractivity contribution < 1.29 is 4.79 Å². The molecule has 1 aromatic rings. The van der Waals surface area contributed by atoms with E-state index >= 15 is 0 Å². The minimum atomic E-state index is 0.0238. The Bertz CT molecular complexity index is 488. The summed E-state index contributed by atoms with van der Waals surface area (Å²) in [6.45, 7) is 10.3. The lowest BCUT2D eigenvalue weighted by Crippen LogP contribution is -2.42. The number of rotatable bonds is 7. The molecule has 5 heteroatoms. The number of amides is 1. The van der Waals surface area contributed by atoms with Gasteiger partial charge < -0.3 is 5.32 Å². The van der Waals surface area contributed by atoms with Gasteiger partial charge in [0.25, 0.3) is 5.91 Å². The predicted molar refractivity (Wildman–Crippen MR) is 103 cm³/mol. The van der Waals surface area contributed by atoms with Gasteiger partial charge in [0.15, 0.2) is 0 Å². The highest BCUT2D eigenvalue weighted by Gasteiger charge is 2.18. The smallest absolute Gasteiger partial charge is 0.251 e. The Morgan fingerprint density at radius 3 is 2.22 bits per heavy atom. The molecule has 2 rings (SSSR count). The standard InChI is InChI=1S/C18H28N2OS2/c1-13(2)20(14(3)4)10-9-19-17(21)15-5-7-16(8-6-15)18-22-11-12-23-18/h5-8,13-14,18H,9-12H2,1-4H3,(H,19,21). The summed E-state index contributed by atoms with van der Waals surface area (Å²) >= 11 is 3.98. The van der Waals surface area contributed by atoms with Crippen LogP contribution in [0.1, 0.15) is 48.2 Å². The molecule has 1 amide bonds. The first-order valence-corrected chi connectivity index (χ1v) is 10.5. The van der Waals surface area contributed by atoms with Gasteiger partial charge in [-0.3, -0.25) is 9.69 Å². The molecule has 0 unspecified atom stereocenters. The first kappa shape index (κ1) is 18.7. The third-order valence-electron chi connectivity index (χ3n) is 4.05. The van der Waals surface area contributed by atoms with Gasteiger partial charge in [0.05, 0.1) is 4.58 Å². The van der Waals surface area contributed by atoms with E-state index in [-0.39, 0.29) is 5.91 Å². The Balaban J connectivity index is 1.83. The zero-order chi connectivity index (χ0) is 16.8. The Labute approximate surface area is 149 Å². The number of carbonyl (C=O) groups is 1. The molecule has 0 bridgehead atoms. The lowest BCUT2D eigenvalue weighted by Gasteiger charge is -2.30. The van der Waals surface area contributed by atoms with E-state index in [9.17, 15) is 4.79 Å². The molecule has 1 fully saturated rings. The van der Waals surface area contributed by atoms with Crippen molar-refractivity contribution in [2.45, 2.75) is 44.4 Å². The summed E-state index contributed by atoms with van der Waals surface area (Å²) in [6, 6.07) is 9.08. The average molecular weight is 353 g/mol. The molecular weight excluding hydrogens is 324 g/mol. The van der Waals surface area contributed by atoms with Gasteiger partial charge in [-0.05, 0) is 45.4 Å². The molecule has 1 N–H and O–H groups in total. The van der Waals surface area contributed by atoms with E-state index in [4.69, 9.17) is 0 Å². The third kappa shape index (κ3) is 5.44. The first-order valence-electron chi connectivity index (χ1n) is 8.36. The fourth-order valence-corrected chi connectivity index (χ4v) is 5.72. The summed E-state index contributed by atoms with van der Waals surface area (Å²) in [5.74, 6) is 2.47. The fourth-order valence-electron chi connectivity index (χ4n) is 2.86. The Morgan fingerprint density at radius 2 is 1.70 bits per heavy atom. The van der Waals surface area contributed by atoms with Crippen molar-refractivity contribution >= 4 is 29.4 Å². The maximum atomic E-state index is 12.3. The lowest BCUT2D eigenvalue weighted by atomic mass is 10.1. The number of carbonyl (C=O) groups excluding carboxylic acids is 1. The molecule has 0 aliphatic carbocycles. The summed E-state index contributed by atoms with van der Waals surface area (Å²) < 4.78 is 0.540. The number of nitrogens with one attached hydrogen (secondary N) is 1. The van der Waals surface area contributed by atoms with Crippen LogP contribution in [-0.2, 0) is 0 Å². The number of nitrogens with zero attached hydrogens (tertiary/aromatic N) is 1. The van der Waals surface area contributed by atoms with Gasteiger partial charge in [0.1, 0.15) is 0 Å². The van der Waals surface area contributed by atoms with Crippen molar-refractivity contribution in [1.29, 1.82) is 0 Å². The second-order valence-electron chi connectivity index (χ2n) is 6.38. The molecular formula is C18H28N2OS2. The number of hydrogen-bond donors (Lipinski definition) is 1. The molecule has 0 atom stereocenters. The summed E-state index contributed by atoms with van der Waals surface area (Å²) in [7, 11) is 0. The number of benzene rings is 1. The van der Waals surface area contributed by atoms with E-state index in [2.05, 4.69) is 50.0 Å². The summed E-state index contributed by atoms with van der Waals surface area (Å²) in [5.41, 5.74) is 2.07. The fraction of sp³-hybridized carbons (Fsp3) is 0.611. The Kier molecular flexibility index (Phi) is 7.31. The molecule has 1 saturated heterocycles. The van der Waals surface area contributed by atoms with Crippen LogP contribution in [0.5, 0.6) is 0 Å². The zero-order valence-corrected chi connectivity index (χ0v) is 16.2. The van der Waals surface area contributed by atoms with Crippen molar-refractivity contribution in [2.24, 2.45) is 0 Å². The Morgan fingerprint density at radius 1 is 1.13 bits per heavy atom. The molecule has 23 heavy (non-hydrogen) atoms. The van der Waals surface area contributed by atoms with Gasteiger partial charge in [0, 0.05) is 42.2 Å². The van der Waals surface area contributed by atoms with Crippen molar-refractivity contribution in [3.05, 3.63) is 35.4 Å². The largest absolute Gasteiger partial charge is 0.351 e. The van der Waals surface area contributed by atoms with Crippen LogP contribution in [0, 0.1) is 0 Å². The third-order valence-corrected chi connectivity index (χ3v) is 7.15. The van der Waals surface area contributed by atoms with Crippen LogP contribution in [0.2, 0.25) is 0 Å². The molecule has 0 saturated carbocycles. The minimum absolute atomic E-state index is 0.0238. The van der Waals surface area contributed by atoms with Crippen molar-refractivity contribution in [3.63, 3.8) is 0 Å². The summed E-state index contributed by atoms with van der Waals surface area (Å²) in [5, 5.41) is 3.04. The minimum Gasteiger partial charge on any atom is -0.351 e. The number of thioether (sulfide) groups is 2. The van der Waals surface area contributed by atoms with Crippen LogP contribution in [0.3, 0.4) is 0 Å². The van der Waals surface area contributed by atoms with E-state index < -0.39 is 0 Å². The maximum Gasteiger partial charge on any atom is 0.251 e. The summed E-state index contributed by atoms with van der Waals surface area (Å²) in [6.07, 6.45) is 0. The molecule has 1 heterocycles. The molecule has 0 aromatic heterocycles. The van der Waals surface area contributed by atoms with Crippen LogP contribution in [0.25, 0.3) is 0 Å². The number of hydrogen-bond acceptors (Lipinski definition) is 4. The van der Waals surface area contributed by atoms with E-state index in [1.54, 1.807) is 0 Å². The molecule has 128 valence electrons. The van der Waals surface area contributed by atoms with E-state index in [0.717, 1.165) is 12.1 Å². The van der Waals surface area contributed by atoms with Crippen LogP contribution < -0.4 is 5.32 Å². The molecule has 0 radical (unpaired) electrons. The monoisotopic (exact) mass is 352 g/mol. The van der Waals surface area contributed by atoms with Gasteiger partial charge in [-0.25, -0.2) is 0 Å². The molecule has 1 aromatic carbocycles. The normalized spacial score (nSPS) is 15.8. The highest BCUT2D eigenvalue weighted by molar-refractivity contribution is 8.19. The van der Waals surface area contributed by atoms with Crippen LogP contribution in [0.15, 0.2) is 24.3 Å². The Hall–Kier alpha value is -0.650. The van der Waals surface area contributed by atoms with Gasteiger partial charge in [-0.1, -0.05) is 12.1 Å². The van der Waals surface area contributed by atoms with Gasteiger partial charge in [-0.15, -0.1) is 23.5 Å². The maximum absolute atomic E-state index is 12.3. The van der Waals surface area contributed by atoms with Gasteiger partial charge in [0.2, 0.25) is 0 Å². The SMILES string of the molecule is CC(C)N(CCNC(=O)c1ccc(C2SCCS2)cc1)C(C)C. The van der Waals surface area contributed by atoms with Crippen molar-refractivity contribution in [2.75, 3.05) is 24.6 Å². The van der Waals surface area contributed by atoms with E-state index in [0.29, 0.717) is 23.2 Å². The first-order chi connectivity index (χ1) is 11.0. The summed E-state index contributed by atoms with van der Waals surface area (Å²) in [4.78, 5) is 14.6. The van der Waals surface area contributed by atoms with Crippen molar-refractivity contribution in [1.82, 2.24) is 10.2 Å². The molecule has 3 nitrogen and oxygen atoms in total. The zero-order valence-electron chi connectivity index (χ0n) is 14.5. The average Bonchev–Trinajstić information content (AvgIpc) is 3.05.